The minimum Gasteiger partial charge on any atom is -0.354 e. The minimum atomic E-state index is -0.223. The number of rotatable bonds is 7. The summed E-state index contributed by atoms with van der Waals surface area (Å²) in [7, 11) is 6.09. The number of nitrogens with zero attached hydrogens (tertiary/aromatic N) is 2. The molecular formula is C17H30N4O2. The number of nitrogens with one attached hydrogen (secondary N) is 2. The lowest BCUT2D eigenvalue weighted by molar-refractivity contribution is -0.124. The fourth-order valence-corrected chi connectivity index (χ4v) is 3.61. The molecule has 2 heterocycles. The number of carbonyl (C=O) groups excluding carboxylic acids is 2. The van der Waals surface area contributed by atoms with E-state index in [1.165, 1.54) is 31.8 Å². The van der Waals surface area contributed by atoms with Crippen LogP contribution in [0.25, 0.3) is 0 Å². The van der Waals surface area contributed by atoms with Crippen LogP contribution in [-0.4, -0.2) is 74.5 Å². The molecule has 0 aliphatic carbocycles. The zero-order valence-corrected chi connectivity index (χ0v) is 14.5. The van der Waals surface area contributed by atoms with Crippen LogP contribution in [0.2, 0.25) is 0 Å². The van der Waals surface area contributed by atoms with E-state index in [-0.39, 0.29) is 18.4 Å². The topological polar surface area (TPSA) is 64.7 Å². The standard InChI is InChI=1S/C17H30N4O2/c1-20(2)8-4-5-16(22)19-12-17(23)18-11-13-9-14-6-7-15(10-13)21(14)3/h4-5,13-15H,6-12H2,1-3H3,(H,18,23)(H,19,22)/b5-4+. The molecule has 2 N–H and O–H groups in total. The van der Waals surface area contributed by atoms with E-state index in [1.807, 2.05) is 19.0 Å². The number of fused-ring (bicyclic) bond motifs is 2. The monoisotopic (exact) mass is 322 g/mol. The first-order valence-electron chi connectivity index (χ1n) is 8.53. The van der Waals surface area contributed by atoms with Gasteiger partial charge in [-0.05, 0) is 52.7 Å². The van der Waals surface area contributed by atoms with Crippen molar-refractivity contribution in [3.8, 4) is 0 Å². The Labute approximate surface area is 139 Å². The van der Waals surface area contributed by atoms with Crippen molar-refractivity contribution in [2.45, 2.75) is 37.8 Å². The Balaban J connectivity index is 1.60. The van der Waals surface area contributed by atoms with Crippen molar-refractivity contribution in [2.75, 3.05) is 40.8 Å². The van der Waals surface area contributed by atoms with E-state index < -0.39 is 0 Å². The number of hydrogen-bond donors (Lipinski definition) is 2. The molecule has 6 heteroatoms. The van der Waals surface area contributed by atoms with Gasteiger partial charge >= 0.3 is 0 Å². The van der Waals surface area contributed by atoms with Gasteiger partial charge < -0.3 is 20.4 Å². The lowest BCUT2D eigenvalue weighted by atomic mass is 9.91. The molecule has 2 rings (SSSR count). The van der Waals surface area contributed by atoms with Crippen molar-refractivity contribution in [1.29, 1.82) is 0 Å². The number of carbonyl (C=O) groups is 2. The van der Waals surface area contributed by atoms with Gasteiger partial charge in [0.15, 0.2) is 0 Å². The molecular weight excluding hydrogens is 292 g/mol. The molecule has 130 valence electrons. The van der Waals surface area contributed by atoms with E-state index in [0.717, 1.165) is 6.54 Å². The van der Waals surface area contributed by atoms with Gasteiger partial charge in [0.2, 0.25) is 11.8 Å². The first-order valence-corrected chi connectivity index (χ1v) is 8.53. The predicted molar refractivity (Wildman–Crippen MR) is 91.0 cm³/mol. The van der Waals surface area contributed by atoms with Crippen LogP contribution < -0.4 is 10.6 Å². The third kappa shape index (κ3) is 5.62. The van der Waals surface area contributed by atoms with Crippen LogP contribution in [0, 0.1) is 5.92 Å². The normalized spacial score (nSPS) is 27.6. The van der Waals surface area contributed by atoms with Gasteiger partial charge in [0.25, 0.3) is 0 Å². The van der Waals surface area contributed by atoms with E-state index in [0.29, 0.717) is 24.5 Å². The first-order chi connectivity index (χ1) is 11.0. The van der Waals surface area contributed by atoms with Crippen LogP contribution in [0.1, 0.15) is 25.7 Å². The third-order valence-electron chi connectivity index (χ3n) is 4.95. The van der Waals surface area contributed by atoms with Crippen molar-refractivity contribution in [2.24, 2.45) is 5.92 Å². The Morgan fingerprint density at radius 3 is 2.43 bits per heavy atom. The summed E-state index contributed by atoms with van der Waals surface area (Å²) < 4.78 is 0. The average Bonchev–Trinajstić information content (AvgIpc) is 2.73. The molecule has 0 aromatic rings. The highest BCUT2D eigenvalue weighted by Gasteiger charge is 2.38. The zero-order chi connectivity index (χ0) is 16.8. The van der Waals surface area contributed by atoms with Crippen LogP contribution in [-0.2, 0) is 9.59 Å². The maximum atomic E-state index is 11.8. The van der Waals surface area contributed by atoms with Gasteiger partial charge in [-0.25, -0.2) is 0 Å². The summed E-state index contributed by atoms with van der Waals surface area (Å²) in [6.07, 6.45) is 8.19. The molecule has 23 heavy (non-hydrogen) atoms. The van der Waals surface area contributed by atoms with E-state index in [9.17, 15) is 9.59 Å². The van der Waals surface area contributed by atoms with Gasteiger partial charge in [0.1, 0.15) is 0 Å². The molecule has 2 amide bonds. The maximum Gasteiger partial charge on any atom is 0.244 e. The summed E-state index contributed by atoms with van der Waals surface area (Å²) in [4.78, 5) is 27.9. The van der Waals surface area contributed by atoms with Gasteiger partial charge in [0.05, 0.1) is 6.54 Å². The summed E-state index contributed by atoms with van der Waals surface area (Å²) >= 11 is 0. The van der Waals surface area contributed by atoms with Gasteiger partial charge in [-0.2, -0.15) is 0 Å². The van der Waals surface area contributed by atoms with Crippen molar-refractivity contribution in [3.63, 3.8) is 0 Å². The number of likely N-dealkylation sites (N-methyl/N-ethyl adjacent to an activating group) is 1. The minimum absolute atomic E-state index is 0.0462. The Morgan fingerprint density at radius 2 is 1.83 bits per heavy atom. The molecule has 2 aliphatic rings. The second kappa shape index (κ2) is 8.45. The van der Waals surface area contributed by atoms with E-state index in [4.69, 9.17) is 0 Å². The van der Waals surface area contributed by atoms with E-state index >= 15 is 0 Å². The molecule has 2 bridgehead atoms. The Bertz CT molecular complexity index is 436. The van der Waals surface area contributed by atoms with Crippen LogP contribution in [0.3, 0.4) is 0 Å². The van der Waals surface area contributed by atoms with Crippen LogP contribution >= 0.6 is 0 Å². The largest absolute Gasteiger partial charge is 0.354 e. The summed E-state index contributed by atoms with van der Waals surface area (Å²) in [6, 6.07) is 1.38. The second-order valence-electron chi connectivity index (χ2n) is 7.07. The fourth-order valence-electron chi connectivity index (χ4n) is 3.61. The predicted octanol–water partition coefficient (Wildman–Crippen LogP) is 0.209. The molecule has 2 atom stereocenters. The molecule has 0 aromatic heterocycles. The molecule has 2 unspecified atom stereocenters. The van der Waals surface area contributed by atoms with Crippen molar-refractivity contribution < 1.29 is 9.59 Å². The number of hydrogen-bond acceptors (Lipinski definition) is 4. The Kier molecular flexibility index (Phi) is 6.59. The van der Waals surface area contributed by atoms with Crippen LogP contribution in [0.5, 0.6) is 0 Å². The van der Waals surface area contributed by atoms with Gasteiger partial charge in [-0.3, -0.25) is 9.59 Å². The second-order valence-corrected chi connectivity index (χ2v) is 7.07. The molecule has 6 nitrogen and oxygen atoms in total. The van der Waals surface area contributed by atoms with E-state index in [1.54, 1.807) is 6.08 Å². The summed E-state index contributed by atoms with van der Waals surface area (Å²) in [6.45, 7) is 1.48. The Hall–Kier alpha value is -1.40. The first kappa shape index (κ1) is 17.9. The lowest BCUT2D eigenvalue weighted by Crippen LogP contribution is -2.44. The molecule has 2 fully saturated rings. The lowest BCUT2D eigenvalue weighted by Gasteiger charge is -2.36. The smallest absolute Gasteiger partial charge is 0.244 e. The fraction of sp³-hybridized carbons (Fsp3) is 0.765. The highest BCUT2D eigenvalue weighted by Crippen LogP contribution is 2.36. The third-order valence-corrected chi connectivity index (χ3v) is 4.95. The highest BCUT2D eigenvalue weighted by atomic mass is 16.2. The summed E-state index contributed by atoms with van der Waals surface area (Å²) in [5.74, 6) is 0.244. The van der Waals surface area contributed by atoms with Gasteiger partial charge in [0, 0.05) is 31.2 Å². The number of piperidine rings is 1. The van der Waals surface area contributed by atoms with Crippen LogP contribution in [0.4, 0.5) is 0 Å². The quantitative estimate of drug-likeness (QED) is 0.658. The Morgan fingerprint density at radius 1 is 1.17 bits per heavy atom. The average molecular weight is 322 g/mol. The summed E-state index contributed by atoms with van der Waals surface area (Å²) in [5, 5.41) is 5.58. The summed E-state index contributed by atoms with van der Waals surface area (Å²) in [5.41, 5.74) is 0. The van der Waals surface area contributed by atoms with Gasteiger partial charge in [-0.15, -0.1) is 0 Å². The molecule has 0 spiro atoms. The van der Waals surface area contributed by atoms with Crippen molar-refractivity contribution in [3.05, 3.63) is 12.2 Å². The molecule has 0 saturated carbocycles. The van der Waals surface area contributed by atoms with Crippen molar-refractivity contribution in [1.82, 2.24) is 20.4 Å². The zero-order valence-electron chi connectivity index (χ0n) is 14.5. The number of amides is 2. The maximum absolute atomic E-state index is 11.8. The molecule has 0 aromatic carbocycles. The van der Waals surface area contributed by atoms with E-state index in [2.05, 4.69) is 22.6 Å². The molecule has 2 aliphatic heterocycles. The molecule has 2 saturated heterocycles. The van der Waals surface area contributed by atoms with Crippen molar-refractivity contribution >= 4 is 11.8 Å². The van der Waals surface area contributed by atoms with Gasteiger partial charge in [-0.1, -0.05) is 6.08 Å². The molecule has 0 radical (unpaired) electrons. The highest BCUT2D eigenvalue weighted by molar-refractivity contribution is 5.91. The SMILES string of the molecule is CN(C)C/C=C/C(=O)NCC(=O)NCC1CC2CCC(C1)N2C. The van der Waals surface area contributed by atoms with Crippen LogP contribution in [0.15, 0.2) is 12.2 Å².